The highest BCUT2D eigenvalue weighted by molar-refractivity contribution is 7.90. The minimum atomic E-state index is -3.15. The lowest BCUT2D eigenvalue weighted by molar-refractivity contribution is 0.313. The highest BCUT2D eigenvalue weighted by Gasteiger charge is 2.06. The van der Waals surface area contributed by atoms with Crippen molar-refractivity contribution in [3.63, 3.8) is 0 Å². The number of benzene rings is 2. The summed E-state index contributed by atoms with van der Waals surface area (Å²) >= 11 is 0. The van der Waals surface area contributed by atoms with Crippen molar-refractivity contribution >= 4 is 9.84 Å². The van der Waals surface area contributed by atoms with Crippen LogP contribution in [0.15, 0.2) is 59.5 Å². The Morgan fingerprint density at radius 3 is 2.29 bits per heavy atom. The molecule has 0 heterocycles. The van der Waals surface area contributed by atoms with Crippen molar-refractivity contribution in [2.45, 2.75) is 24.2 Å². The van der Waals surface area contributed by atoms with Crippen molar-refractivity contribution < 1.29 is 13.2 Å². The Labute approximate surface area is 144 Å². The second-order valence-electron chi connectivity index (χ2n) is 5.94. The predicted octanol–water partition coefficient (Wildman–Crippen LogP) is 3.25. The molecule has 2 aromatic carbocycles. The van der Waals surface area contributed by atoms with Gasteiger partial charge in [0.2, 0.25) is 0 Å². The van der Waals surface area contributed by atoms with Gasteiger partial charge in [-0.1, -0.05) is 37.3 Å². The quantitative estimate of drug-likeness (QED) is 0.708. The molecule has 24 heavy (non-hydrogen) atoms. The lowest BCUT2D eigenvalue weighted by Crippen LogP contribution is -2.23. The number of nitrogens with one attached hydrogen (secondary N) is 1. The Hall–Kier alpha value is -1.85. The molecular weight excluding hydrogens is 322 g/mol. The summed E-state index contributed by atoms with van der Waals surface area (Å²) in [7, 11) is -3.15. The molecule has 5 heteroatoms. The Kier molecular flexibility index (Phi) is 6.82. The van der Waals surface area contributed by atoms with Gasteiger partial charge in [0.25, 0.3) is 0 Å². The molecule has 0 aliphatic carbocycles. The van der Waals surface area contributed by atoms with E-state index in [0.29, 0.717) is 23.2 Å². The number of hydrogen-bond acceptors (Lipinski definition) is 4. The van der Waals surface area contributed by atoms with Crippen molar-refractivity contribution in [2.24, 2.45) is 0 Å². The van der Waals surface area contributed by atoms with Gasteiger partial charge in [-0.15, -0.1) is 0 Å². The second-order valence-corrected chi connectivity index (χ2v) is 7.96. The molecule has 4 nitrogen and oxygen atoms in total. The molecule has 130 valence electrons. The van der Waals surface area contributed by atoms with Crippen LogP contribution in [0.4, 0.5) is 0 Å². The summed E-state index contributed by atoms with van der Waals surface area (Å²) in [6, 6.07) is 17.0. The van der Waals surface area contributed by atoms with Crippen LogP contribution in [0.1, 0.15) is 24.8 Å². The van der Waals surface area contributed by atoms with Crippen LogP contribution >= 0.6 is 0 Å². The monoisotopic (exact) mass is 347 g/mol. The molecule has 2 rings (SSSR count). The Balaban J connectivity index is 1.63. The summed E-state index contributed by atoms with van der Waals surface area (Å²) < 4.78 is 28.4. The van der Waals surface area contributed by atoms with E-state index in [-0.39, 0.29) is 0 Å². The van der Waals surface area contributed by atoms with Crippen LogP contribution in [0, 0.1) is 0 Å². The zero-order valence-electron chi connectivity index (χ0n) is 14.2. The first-order valence-corrected chi connectivity index (χ1v) is 10.0. The fourth-order valence-corrected chi connectivity index (χ4v) is 3.05. The standard InChI is InChI=1S/C19H25NO3S/c1-16(17-6-4-3-5-7-17)12-13-20-14-15-23-18-8-10-19(11-9-18)24(2,21)22/h3-11,16,20H,12-15H2,1-2H3. The Bertz CT molecular complexity index is 712. The maximum atomic E-state index is 11.4. The van der Waals surface area contributed by atoms with Gasteiger partial charge in [-0.2, -0.15) is 0 Å². The Morgan fingerprint density at radius 1 is 1.00 bits per heavy atom. The molecule has 0 aliphatic heterocycles. The third-order valence-electron chi connectivity index (χ3n) is 3.92. The third-order valence-corrected chi connectivity index (χ3v) is 5.05. The molecule has 1 N–H and O–H groups in total. The van der Waals surface area contributed by atoms with Gasteiger partial charge in [0.1, 0.15) is 12.4 Å². The Morgan fingerprint density at radius 2 is 1.67 bits per heavy atom. The fraction of sp³-hybridized carbons (Fsp3) is 0.368. The van der Waals surface area contributed by atoms with Gasteiger partial charge in [-0.25, -0.2) is 8.42 Å². The molecule has 0 saturated carbocycles. The minimum Gasteiger partial charge on any atom is -0.492 e. The molecule has 0 amide bonds. The number of rotatable bonds is 9. The smallest absolute Gasteiger partial charge is 0.175 e. The van der Waals surface area contributed by atoms with E-state index in [4.69, 9.17) is 4.74 Å². The number of ether oxygens (including phenoxy) is 1. The predicted molar refractivity (Wildman–Crippen MR) is 97.4 cm³/mol. The van der Waals surface area contributed by atoms with E-state index < -0.39 is 9.84 Å². The van der Waals surface area contributed by atoms with Crippen molar-refractivity contribution in [1.82, 2.24) is 5.32 Å². The van der Waals surface area contributed by atoms with Gasteiger partial charge in [0, 0.05) is 12.8 Å². The zero-order valence-corrected chi connectivity index (χ0v) is 15.1. The molecule has 0 bridgehead atoms. The first kappa shape index (κ1) is 18.5. The fourth-order valence-electron chi connectivity index (χ4n) is 2.42. The first-order chi connectivity index (χ1) is 11.5. The van der Waals surface area contributed by atoms with Crippen LogP contribution in [-0.4, -0.2) is 34.4 Å². The molecule has 2 aromatic rings. The molecule has 0 saturated heterocycles. The van der Waals surface area contributed by atoms with Crippen LogP contribution in [0.25, 0.3) is 0 Å². The summed E-state index contributed by atoms with van der Waals surface area (Å²) in [6.45, 7) is 4.48. The largest absolute Gasteiger partial charge is 0.492 e. The molecule has 0 aliphatic rings. The van der Waals surface area contributed by atoms with E-state index in [9.17, 15) is 8.42 Å². The zero-order chi connectivity index (χ0) is 17.4. The van der Waals surface area contributed by atoms with Crippen molar-refractivity contribution in [3.8, 4) is 5.75 Å². The maximum absolute atomic E-state index is 11.4. The van der Waals surface area contributed by atoms with Gasteiger partial charge in [0.15, 0.2) is 9.84 Å². The van der Waals surface area contributed by atoms with Gasteiger partial charge < -0.3 is 10.1 Å². The van der Waals surface area contributed by atoms with E-state index in [1.54, 1.807) is 24.3 Å². The van der Waals surface area contributed by atoms with Crippen LogP contribution in [0.2, 0.25) is 0 Å². The van der Waals surface area contributed by atoms with E-state index in [1.807, 2.05) is 6.07 Å². The molecule has 0 spiro atoms. The van der Waals surface area contributed by atoms with Gasteiger partial charge >= 0.3 is 0 Å². The molecular formula is C19H25NO3S. The first-order valence-electron chi connectivity index (χ1n) is 8.15. The minimum absolute atomic E-state index is 0.308. The molecule has 0 radical (unpaired) electrons. The highest BCUT2D eigenvalue weighted by Crippen LogP contribution is 2.17. The summed E-state index contributed by atoms with van der Waals surface area (Å²) in [5.41, 5.74) is 1.36. The lowest BCUT2D eigenvalue weighted by atomic mass is 9.98. The van der Waals surface area contributed by atoms with Crippen molar-refractivity contribution in [3.05, 3.63) is 60.2 Å². The summed E-state index contributed by atoms with van der Waals surface area (Å²) in [5, 5.41) is 3.37. The summed E-state index contributed by atoms with van der Waals surface area (Å²) in [5.74, 6) is 1.21. The average molecular weight is 347 g/mol. The summed E-state index contributed by atoms with van der Waals surface area (Å²) in [4.78, 5) is 0.308. The SMILES string of the molecule is CC(CCNCCOc1ccc(S(C)(=O)=O)cc1)c1ccccc1. The van der Waals surface area contributed by atoms with Gasteiger partial charge in [-0.3, -0.25) is 0 Å². The van der Waals surface area contributed by atoms with Crippen LogP contribution in [0.3, 0.4) is 0 Å². The molecule has 1 atom stereocenters. The molecule has 1 unspecified atom stereocenters. The van der Waals surface area contributed by atoms with Crippen LogP contribution in [-0.2, 0) is 9.84 Å². The van der Waals surface area contributed by atoms with Crippen LogP contribution < -0.4 is 10.1 Å². The van der Waals surface area contributed by atoms with E-state index in [2.05, 4.69) is 36.5 Å². The van der Waals surface area contributed by atoms with Crippen molar-refractivity contribution in [2.75, 3.05) is 26.0 Å². The lowest BCUT2D eigenvalue weighted by Gasteiger charge is -2.12. The highest BCUT2D eigenvalue weighted by atomic mass is 32.2. The van der Waals surface area contributed by atoms with E-state index in [1.165, 1.54) is 11.8 Å². The molecule has 0 aromatic heterocycles. The normalized spacial score (nSPS) is 12.8. The topological polar surface area (TPSA) is 55.4 Å². The van der Waals surface area contributed by atoms with E-state index >= 15 is 0 Å². The van der Waals surface area contributed by atoms with Crippen molar-refractivity contribution in [1.29, 1.82) is 0 Å². The second kappa shape index (κ2) is 8.85. The average Bonchev–Trinajstić information content (AvgIpc) is 2.58. The van der Waals surface area contributed by atoms with Gasteiger partial charge in [0.05, 0.1) is 4.90 Å². The molecule has 0 fully saturated rings. The van der Waals surface area contributed by atoms with E-state index in [0.717, 1.165) is 19.5 Å². The maximum Gasteiger partial charge on any atom is 0.175 e. The number of hydrogen-bond donors (Lipinski definition) is 1. The number of sulfone groups is 1. The van der Waals surface area contributed by atoms with Gasteiger partial charge in [-0.05, 0) is 48.7 Å². The van der Waals surface area contributed by atoms with Crippen LogP contribution in [0.5, 0.6) is 5.75 Å². The third kappa shape index (κ3) is 5.98. The summed E-state index contributed by atoms with van der Waals surface area (Å²) in [6.07, 6.45) is 2.27.